The molecule has 1 aromatic rings. The predicted octanol–water partition coefficient (Wildman–Crippen LogP) is 0.853. The molecule has 0 unspecified atom stereocenters. The number of hydrogen-bond acceptors (Lipinski definition) is 3. The molecular weight excluding hydrogens is 238 g/mol. The number of pyridine rings is 1. The van der Waals surface area contributed by atoms with E-state index < -0.39 is 0 Å². The van der Waals surface area contributed by atoms with Crippen molar-refractivity contribution < 1.29 is 9.53 Å². The highest BCUT2D eigenvalue weighted by molar-refractivity contribution is 9.10. The van der Waals surface area contributed by atoms with Crippen LogP contribution in [0.3, 0.4) is 0 Å². The summed E-state index contributed by atoms with van der Waals surface area (Å²) < 4.78 is 4.84. The van der Waals surface area contributed by atoms with Crippen LogP contribution in [0.15, 0.2) is 21.5 Å². The van der Waals surface area contributed by atoms with Gasteiger partial charge < -0.3 is 9.72 Å². The Labute approximate surface area is 83.1 Å². The predicted molar refractivity (Wildman–Crippen MR) is 50.5 cm³/mol. The number of rotatable bonds is 2. The number of H-pyrrole nitrogens is 1. The Morgan fingerprint density at radius 3 is 3.00 bits per heavy atom. The van der Waals surface area contributed by atoms with Crippen molar-refractivity contribution in [3.05, 3.63) is 32.7 Å². The van der Waals surface area contributed by atoms with Gasteiger partial charge in [0.25, 0.3) is 0 Å². The maximum Gasteiger partial charge on any atom is 0.311 e. The highest BCUT2D eigenvalue weighted by Gasteiger charge is 2.08. The first-order chi connectivity index (χ1) is 6.15. The number of aromatic nitrogens is 1. The second kappa shape index (κ2) is 4.23. The summed E-state index contributed by atoms with van der Waals surface area (Å²) in [4.78, 5) is 24.8. The summed E-state index contributed by atoms with van der Waals surface area (Å²) in [5.41, 5.74) is 0.372. The molecule has 0 spiro atoms. The number of hydrogen-bond donors (Lipinski definition) is 1. The zero-order chi connectivity index (χ0) is 9.84. The molecule has 70 valence electrons. The van der Waals surface area contributed by atoms with E-state index in [1.165, 1.54) is 19.4 Å². The van der Waals surface area contributed by atoms with Crippen molar-refractivity contribution in [1.29, 1.82) is 0 Å². The van der Waals surface area contributed by atoms with Gasteiger partial charge in [0, 0.05) is 18.0 Å². The van der Waals surface area contributed by atoms with Gasteiger partial charge in [0.15, 0.2) is 5.43 Å². The number of halogens is 1. The first-order valence-electron chi connectivity index (χ1n) is 3.58. The minimum Gasteiger partial charge on any atom is -0.469 e. The second-order valence-electron chi connectivity index (χ2n) is 2.39. The Morgan fingerprint density at radius 1 is 1.69 bits per heavy atom. The largest absolute Gasteiger partial charge is 0.469 e. The molecule has 0 aliphatic heterocycles. The molecular formula is C8H8BrNO3. The highest BCUT2D eigenvalue weighted by atomic mass is 79.9. The van der Waals surface area contributed by atoms with Crippen molar-refractivity contribution >= 4 is 21.9 Å². The lowest BCUT2D eigenvalue weighted by molar-refractivity contribution is -0.139. The topological polar surface area (TPSA) is 59.2 Å². The van der Waals surface area contributed by atoms with Gasteiger partial charge in [0.1, 0.15) is 0 Å². The van der Waals surface area contributed by atoms with E-state index in [2.05, 4.69) is 25.7 Å². The van der Waals surface area contributed by atoms with E-state index >= 15 is 0 Å². The molecule has 4 nitrogen and oxygen atoms in total. The van der Waals surface area contributed by atoms with Crippen molar-refractivity contribution in [2.45, 2.75) is 6.42 Å². The zero-order valence-corrected chi connectivity index (χ0v) is 8.55. The fourth-order valence-electron chi connectivity index (χ4n) is 0.848. The molecule has 0 fully saturated rings. The van der Waals surface area contributed by atoms with E-state index in [1.807, 2.05) is 0 Å². The average Bonchev–Trinajstić information content (AvgIpc) is 2.13. The van der Waals surface area contributed by atoms with E-state index in [9.17, 15) is 9.59 Å². The van der Waals surface area contributed by atoms with Gasteiger partial charge >= 0.3 is 5.97 Å². The van der Waals surface area contributed by atoms with Crippen molar-refractivity contribution in [3.8, 4) is 0 Å². The summed E-state index contributed by atoms with van der Waals surface area (Å²) in [5, 5.41) is 0. The quantitative estimate of drug-likeness (QED) is 0.787. The summed E-state index contributed by atoms with van der Waals surface area (Å²) in [5.74, 6) is -0.387. The van der Waals surface area contributed by atoms with E-state index in [0.717, 1.165) is 0 Å². The molecule has 0 atom stereocenters. The second-order valence-corrected chi connectivity index (χ2v) is 3.18. The summed E-state index contributed by atoms with van der Waals surface area (Å²) >= 11 is 3.09. The van der Waals surface area contributed by atoms with Crippen LogP contribution in [0.25, 0.3) is 0 Å². The average molecular weight is 246 g/mol. The van der Waals surface area contributed by atoms with E-state index in [0.29, 0.717) is 10.2 Å². The maximum absolute atomic E-state index is 11.1. The lowest BCUT2D eigenvalue weighted by atomic mass is 10.3. The number of carbonyl (C=O) groups is 1. The standard InChI is InChI=1S/C8H8BrNO3/c1-13-7(12)4-5-8(9)6(11)2-3-10-5/h2-3H,4H2,1H3,(H,10,11). The van der Waals surface area contributed by atoms with E-state index in [4.69, 9.17) is 0 Å². The third-order valence-corrected chi connectivity index (χ3v) is 2.39. The van der Waals surface area contributed by atoms with Crippen LogP contribution in [-0.2, 0) is 16.0 Å². The molecule has 0 amide bonds. The zero-order valence-electron chi connectivity index (χ0n) is 6.96. The Balaban J connectivity index is 2.96. The fraction of sp³-hybridized carbons (Fsp3) is 0.250. The molecule has 0 aromatic carbocycles. The lowest BCUT2D eigenvalue weighted by Gasteiger charge is -2.01. The van der Waals surface area contributed by atoms with E-state index in [1.54, 1.807) is 0 Å². The summed E-state index contributed by atoms with van der Waals surface area (Å²) in [6.45, 7) is 0. The normalized spacial score (nSPS) is 9.69. The molecule has 0 saturated carbocycles. The molecule has 1 rings (SSSR count). The number of ether oxygens (including phenoxy) is 1. The van der Waals surface area contributed by atoms with Crippen LogP contribution in [0, 0.1) is 0 Å². The fourth-order valence-corrected chi connectivity index (χ4v) is 1.24. The number of carbonyl (C=O) groups excluding carboxylic acids is 1. The van der Waals surface area contributed by atoms with E-state index in [-0.39, 0.29) is 17.8 Å². The molecule has 0 aliphatic rings. The monoisotopic (exact) mass is 245 g/mol. The van der Waals surface area contributed by atoms with Gasteiger partial charge in [-0.25, -0.2) is 0 Å². The van der Waals surface area contributed by atoms with Gasteiger partial charge in [-0.2, -0.15) is 0 Å². The van der Waals surface area contributed by atoms with Crippen LogP contribution in [0.2, 0.25) is 0 Å². The third kappa shape index (κ3) is 2.42. The third-order valence-electron chi connectivity index (χ3n) is 1.52. The minimum absolute atomic E-state index is 0.0627. The number of aromatic amines is 1. The Hall–Kier alpha value is -1.10. The number of nitrogens with one attached hydrogen (secondary N) is 1. The lowest BCUT2D eigenvalue weighted by Crippen LogP contribution is -2.11. The van der Waals surface area contributed by atoms with Crippen molar-refractivity contribution in [1.82, 2.24) is 4.98 Å². The molecule has 5 heteroatoms. The van der Waals surface area contributed by atoms with Crippen LogP contribution in [0.1, 0.15) is 5.69 Å². The highest BCUT2D eigenvalue weighted by Crippen LogP contribution is 2.08. The minimum atomic E-state index is -0.387. The van der Waals surface area contributed by atoms with Crippen molar-refractivity contribution in [2.24, 2.45) is 0 Å². The van der Waals surface area contributed by atoms with Crippen LogP contribution in [-0.4, -0.2) is 18.1 Å². The van der Waals surface area contributed by atoms with Crippen LogP contribution < -0.4 is 5.43 Å². The molecule has 0 radical (unpaired) electrons. The Kier molecular flexibility index (Phi) is 3.25. The first-order valence-corrected chi connectivity index (χ1v) is 4.37. The van der Waals surface area contributed by atoms with Crippen molar-refractivity contribution in [2.75, 3.05) is 7.11 Å². The molecule has 0 bridgehead atoms. The molecule has 1 heterocycles. The maximum atomic E-state index is 11.1. The van der Waals surface area contributed by atoms with Gasteiger partial charge in [-0.3, -0.25) is 9.59 Å². The summed E-state index contributed by atoms with van der Waals surface area (Å²) in [7, 11) is 1.30. The van der Waals surface area contributed by atoms with Crippen LogP contribution >= 0.6 is 15.9 Å². The van der Waals surface area contributed by atoms with Gasteiger partial charge in [0.2, 0.25) is 0 Å². The SMILES string of the molecule is COC(=O)Cc1[nH]ccc(=O)c1Br. The van der Waals surface area contributed by atoms with Crippen LogP contribution in [0.4, 0.5) is 0 Å². The molecule has 1 N–H and O–H groups in total. The van der Waals surface area contributed by atoms with Gasteiger partial charge in [-0.1, -0.05) is 0 Å². The van der Waals surface area contributed by atoms with Gasteiger partial charge in [-0.15, -0.1) is 0 Å². The molecule has 13 heavy (non-hydrogen) atoms. The number of methoxy groups -OCH3 is 1. The first kappa shape index (κ1) is 9.98. The number of esters is 1. The Bertz CT molecular complexity index is 372. The summed E-state index contributed by atoms with van der Waals surface area (Å²) in [6.07, 6.45) is 1.55. The van der Waals surface area contributed by atoms with Gasteiger partial charge in [-0.05, 0) is 15.9 Å². The Morgan fingerprint density at radius 2 is 2.38 bits per heavy atom. The van der Waals surface area contributed by atoms with Gasteiger partial charge in [0.05, 0.1) is 18.0 Å². The van der Waals surface area contributed by atoms with Crippen LogP contribution in [0.5, 0.6) is 0 Å². The smallest absolute Gasteiger partial charge is 0.311 e. The summed E-state index contributed by atoms with van der Waals surface area (Å²) in [6, 6.07) is 1.38. The van der Waals surface area contributed by atoms with Crippen molar-refractivity contribution in [3.63, 3.8) is 0 Å². The molecule has 0 aliphatic carbocycles. The molecule has 1 aromatic heterocycles. The molecule has 0 saturated heterocycles.